The summed E-state index contributed by atoms with van der Waals surface area (Å²) in [6.45, 7) is 7.70. The van der Waals surface area contributed by atoms with Crippen molar-refractivity contribution < 1.29 is 18.6 Å². The molecule has 1 atom stereocenters. The summed E-state index contributed by atoms with van der Waals surface area (Å²) in [4.78, 5) is 1.65. The number of aliphatic hydroxyl groups is 1. The lowest BCUT2D eigenvalue weighted by atomic mass is 9.86. The van der Waals surface area contributed by atoms with Crippen molar-refractivity contribution in [2.45, 2.75) is 26.7 Å². The molecule has 6 heteroatoms. The van der Waals surface area contributed by atoms with E-state index < -0.39 is 6.43 Å². The highest BCUT2D eigenvalue weighted by molar-refractivity contribution is 4.88. The van der Waals surface area contributed by atoms with Crippen molar-refractivity contribution in [1.82, 2.24) is 10.2 Å². The van der Waals surface area contributed by atoms with Gasteiger partial charge in [-0.05, 0) is 18.9 Å². The van der Waals surface area contributed by atoms with Gasteiger partial charge in [-0.1, -0.05) is 13.8 Å². The number of ether oxygens (including phenoxy) is 1. The van der Waals surface area contributed by atoms with Crippen LogP contribution >= 0.6 is 0 Å². The maximum atomic E-state index is 12.6. The Kier molecular flexibility index (Phi) is 7.87. The molecule has 0 spiro atoms. The van der Waals surface area contributed by atoms with Crippen LogP contribution in [0.3, 0.4) is 0 Å². The fraction of sp³-hybridized carbons (Fsp3) is 1.00. The van der Waals surface area contributed by atoms with Crippen molar-refractivity contribution in [3.8, 4) is 0 Å². The molecular weight excluding hydrogens is 266 g/mol. The van der Waals surface area contributed by atoms with Crippen molar-refractivity contribution in [2.24, 2.45) is 11.3 Å². The molecule has 1 aliphatic heterocycles. The standard InChI is InChI=1S/C14H28F2N2O2/c1-12(2)7-17-9-14(3-6-20-11-14)10-18(4-5-19)8-13(15)16/h12-13,17,19H,3-11H2,1-2H3. The van der Waals surface area contributed by atoms with Gasteiger partial charge in [-0.2, -0.15) is 0 Å². The monoisotopic (exact) mass is 294 g/mol. The Bertz CT molecular complexity index is 260. The molecule has 0 amide bonds. The molecule has 2 N–H and O–H groups in total. The number of aliphatic hydroxyl groups excluding tert-OH is 1. The Morgan fingerprint density at radius 1 is 1.40 bits per heavy atom. The third-order valence-corrected chi connectivity index (χ3v) is 3.61. The number of hydrogen-bond acceptors (Lipinski definition) is 4. The third kappa shape index (κ3) is 6.43. The second-order valence-corrected chi connectivity index (χ2v) is 6.18. The van der Waals surface area contributed by atoms with Gasteiger partial charge in [-0.3, -0.25) is 4.90 Å². The molecule has 1 aliphatic rings. The fourth-order valence-corrected chi connectivity index (χ4v) is 2.64. The molecule has 0 aromatic rings. The van der Waals surface area contributed by atoms with E-state index in [1.807, 2.05) is 0 Å². The lowest BCUT2D eigenvalue weighted by Crippen LogP contribution is -2.47. The average molecular weight is 294 g/mol. The van der Waals surface area contributed by atoms with E-state index in [1.54, 1.807) is 4.90 Å². The molecule has 20 heavy (non-hydrogen) atoms. The van der Waals surface area contributed by atoms with Crippen LogP contribution in [0, 0.1) is 11.3 Å². The van der Waals surface area contributed by atoms with Crippen molar-refractivity contribution in [1.29, 1.82) is 0 Å². The summed E-state index contributed by atoms with van der Waals surface area (Å²) in [6, 6.07) is 0. The van der Waals surface area contributed by atoms with Crippen LogP contribution in [0.5, 0.6) is 0 Å². The molecule has 1 fully saturated rings. The van der Waals surface area contributed by atoms with Gasteiger partial charge < -0.3 is 15.2 Å². The largest absolute Gasteiger partial charge is 0.395 e. The van der Waals surface area contributed by atoms with Crippen molar-refractivity contribution in [3.63, 3.8) is 0 Å². The lowest BCUT2D eigenvalue weighted by Gasteiger charge is -2.34. The highest BCUT2D eigenvalue weighted by atomic mass is 19.3. The van der Waals surface area contributed by atoms with Gasteiger partial charge in [0, 0.05) is 31.7 Å². The van der Waals surface area contributed by atoms with Gasteiger partial charge in [0.15, 0.2) is 0 Å². The highest BCUT2D eigenvalue weighted by Gasteiger charge is 2.36. The van der Waals surface area contributed by atoms with Crippen LogP contribution < -0.4 is 5.32 Å². The summed E-state index contributed by atoms with van der Waals surface area (Å²) in [5.41, 5.74) is -0.112. The first-order valence-corrected chi connectivity index (χ1v) is 7.37. The Hall–Kier alpha value is -0.300. The predicted octanol–water partition coefficient (Wildman–Crippen LogP) is 1.20. The van der Waals surface area contributed by atoms with Gasteiger partial charge in [0.25, 0.3) is 6.43 Å². The molecule has 0 aliphatic carbocycles. The molecule has 0 bridgehead atoms. The van der Waals surface area contributed by atoms with Gasteiger partial charge in [0.05, 0.1) is 19.8 Å². The molecule has 4 nitrogen and oxygen atoms in total. The van der Waals surface area contributed by atoms with Crippen LogP contribution in [-0.2, 0) is 4.74 Å². The van der Waals surface area contributed by atoms with Crippen LogP contribution in [-0.4, -0.2) is 69.0 Å². The first-order chi connectivity index (χ1) is 9.47. The van der Waals surface area contributed by atoms with Gasteiger partial charge >= 0.3 is 0 Å². The number of nitrogens with one attached hydrogen (secondary N) is 1. The van der Waals surface area contributed by atoms with Gasteiger partial charge in [-0.25, -0.2) is 8.78 Å². The molecular formula is C14H28F2N2O2. The van der Waals surface area contributed by atoms with Crippen LogP contribution in [0.25, 0.3) is 0 Å². The predicted molar refractivity (Wildman–Crippen MR) is 75.1 cm³/mol. The second-order valence-electron chi connectivity index (χ2n) is 6.18. The zero-order chi connectivity index (χ0) is 15.0. The summed E-state index contributed by atoms with van der Waals surface area (Å²) >= 11 is 0. The van der Waals surface area contributed by atoms with Gasteiger partial charge in [0.1, 0.15) is 0 Å². The van der Waals surface area contributed by atoms with E-state index in [1.165, 1.54) is 0 Å². The molecule has 1 unspecified atom stereocenters. The van der Waals surface area contributed by atoms with E-state index >= 15 is 0 Å². The zero-order valence-corrected chi connectivity index (χ0v) is 12.6. The highest BCUT2D eigenvalue weighted by Crippen LogP contribution is 2.29. The smallest absolute Gasteiger partial charge is 0.251 e. The third-order valence-electron chi connectivity index (χ3n) is 3.61. The van der Waals surface area contributed by atoms with E-state index in [0.717, 1.165) is 19.5 Å². The Labute approximate surface area is 120 Å². The molecule has 0 radical (unpaired) electrons. The quantitative estimate of drug-likeness (QED) is 0.635. The number of nitrogens with zero attached hydrogens (tertiary/aromatic N) is 1. The number of alkyl halides is 2. The van der Waals surface area contributed by atoms with Crippen LogP contribution in [0.4, 0.5) is 8.78 Å². The lowest BCUT2D eigenvalue weighted by molar-refractivity contribution is 0.0445. The Morgan fingerprint density at radius 2 is 2.15 bits per heavy atom. The topological polar surface area (TPSA) is 44.7 Å². The minimum atomic E-state index is -2.37. The van der Waals surface area contributed by atoms with Gasteiger partial charge in [-0.15, -0.1) is 0 Å². The van der Waals surface area contributed by atoms with Crippen LogP contribution in [0.15, 0.2) is 0 Å². The Balaban J connectivity index is 2.54. The van der Waals surface area contributed by atoms with Crippen molar-refractivity contribution in [2.75, 3.05) is 52.5 Å². The molecule has 0 saturated carbocycles. The second kappa shape index (κ2) is 8.87. The Morgan fingerprint density at radius 3 is 2.65 bits per heavy atom. The maximum Gasteiger partial charge on any atom is 0.251 e. The zero-order valence-electron chi connectivity index (χ0n) is 12.6. The van der Waals surface area contributed by atoms with Crippen LogP contribution in [0.2, 0.25) is 0 Å². The normalized spacial score (nSPS) is 23.4. The summed E-state index contributed by atoms with van der Waals surface area (Å²) in [7, 11) is 0. The summed E-state index contributed by atoms with van der Waals surface area (Å²) in [5, 5.41) is 12.4. The van der Waals surface area contributed by atoms with Gasteiger partial charge in [0.2, 0.25) is 0 Å². The average Bonchev–Trinajstić information content (AvgIpc) is 2.76. The fourth-order valence-electron chi connectivity index (χ4n) is 2.64. The molecule has 1 saturated heterocycles. The SMILES string of the molecule is CC(C)CNCC1(CN(CCO)CC(F)F)CCOC1. The number of hydrogen-bond donors (Lipinski definition) is 2. The molecule has 1 rings (SSSR count). The van der Waals surface area contributed by atoms with Crippen molar-refractivity contribution >= 4 is 0 Å². The van der Waals surface area contributed by atoms with E-state index in [2.05, 4.69) is 19.2 Å². The number of rotatable bonds is 10. The molecule has 120 valence electrons. The summed E-state index contributed by atoms with van der Waals surface area (Å²) in [5.74, 6) is 0.559. The van der Waals surface area contributed by atoms with Crippen LogP contribution in [0.1, 0.15) is 20.3 Å². The summed E-state index contributed by atoms with van der Waals surface area (Å²) < 4.78 is 30.7. The van der Waals surface area contributed by atoms with E-state index in [-0.39, 0.29) is 25.1 Å². The first kappa shape index (κ1) is 17.8. The first-order valence-electron chi connectivity index (χ1n) is 7.37. The molecule has 1 heterocycles. The maximum absolute atomic E-state index is 12.6. The van der Waals surface area contributed by atoms with E-state index in [9.17, 15) is 8.78 Å². The minimum absolute atomic E-state index is 0.0942. The number of halogens is 2. The molecule has 0 aromatic carbocycles. The van der Waals surface area contributed by atoms with Crippen molar-refractivity contribution in [3.05, 3.63) is 0 Å². The molecule has 0 aromatic heterocycles. The summed E-state index contributed by atoms with van der Waals surface area (Å²) in [6.07, 6.45) is -1.49. The minimum Gasteiger partial charge on any atom is -0.395 e. The van der Waals surface area contributed by atoms with E-state index in [0.29, 0.717) is 25.7 Å². The van der Waals surface area contributed by atoms with E-state index in [4.69, 9.17) is 9.84 Å².